The lowest BCUT2D eigenvalue weighted by molar-refractivity contribution is 0.321. The lowest BCUT2D eigenvalue weighted by Crippen LogP contribution is -2.33. The van der Waals surface area contributed by atoms with Crippen LogP contribution >= 0.6 is 0 Å². The Morgan fingerprint density at radius 2 is 1.59 bits per heavy atom. The summed E-state index contributed by atoms with van der Waals surface area (Å²) in [7, 11) is 3.28. The zero-order valence-corrected chi connectivity index (χ0v) is 17.1. The third-order valence-corrected chi connectivity index (χ3v) is 5.91. The van der Waals surface area contributed by atoms with Gasteiger partial charge in [-0.1, -0.05) is 51.0 Å². The molecule has 0 spiro atoms. The molecule has 0 bridgehead atoms. The second-order valence-corrected chi connectivity index (χ2v) is 8.54. The van der Waals surface area contributed by atoms with E-state index in [-0.39, 0.29) is 10.8 Å². The van der Waals surface area contributed by atoms with Gasteiger partial charge in [0.1, 0.15) is 11.5 Å². The van der Waals surface area contributed by atoms with Crippen LogP contribution in [-0.4, -0.2) is 25.6 Å². The molecule has 0 saturated heterocycles. The number of fused-ring (bicyclic) bond motifs is 1. The van der Waals surface area contributed by atoms with Crippen molar-refractivity contribution in [2.75, 3.05) is 14.2 Å². The number of rotatable bonds is 4. The molecule has 27 heavy (non-hydrogen) atoms. The van der Waals surface area contributed by atoms with Crippen LogP contribution in [0.15, 0.2) is 35.5 Å². The molecule has 0 unspecified atom stereocenters. The molecule has 4 heteroatoms. The fraction of sp³-hybridized carbons (Fsp3) is 0.435. The Kier molecular flexibility index (Phi) is 4.94. The van der Waals surface area contributed by atoms with Crippen molar-refractivity contribution in [3.63, 3.8) is 0 Å². The van der Waals surface area contributed by atoms with Crippen LogP contribution in [0.1, 0.15) is 57.2 Å². The molecule has 1 aliphatic rings. The van der Waals surface area contributed by atoms with Gasteiger partial charge in [-0.15, -0.1) is 0 Å². The zero-order chi connectivity index (χ0) is 19.8. The summed E-state index contributed by atoms with van der Waals surface area (Å²) < 4.78 is 11.3. The number of benzene rings is 2. The van der Waals surface area contributed by atoms with E-state index in [0.29, 0.717) is 11.3 Å². The topological polar surface area (TPSA) is 51.0 Å². The van der Waals surface area contributed by atoms with Gasteiger partial charge < -0.3 is 14.7 Å². The van der Waals surface area contributed by atoms with Crippen molar-refractivity contribution < 1.29 is 14.7 Å². The van der Waals surface area contributed by atoms with E-state index in [2.05, 4.69) is 51.0 Å². The average molecular weight is 367 g/mol. The number of hydrogen-bond donors (Lipinski definition) is 1. The summed E-state index contributed by atoms with van der Waals surface area (Å²) in [6.45, 7) is 9.27. The van der Waals surface area contributed by atoms with Gasteiger partial charge in [-0.05, 0) is 52.5 Å². The smallest absolute Gasteiger partial charge is 0.139 e. The van der Waals surface area contributed by atoms with Gasteiger partial charge >= 0.3 is 0 Å². The molecular formula is C23H29NO3. The first-order valence-corrected chi connectivity index (χ1v) is 9.33. The molecule has 0 amide bonds. The van der Waals surface area contributed by atoms with Crippen molar-refractivity contribution >= 4 is 6.21 Å². The predicted molar refractivity (Wildman–Crippen MR) is 110 cm³/mol. The molecule has 0 heterocycles. The second kappa shape index (κ2) is 6.91. The Morgan fingerprint density at radius 3 is 2.19 bits per heavy atom. The molecule has 0 radical (unpaired) electrons. The van der Waals surface area contributed by atoms with Gasteiger partial charge in [-0.3, -0.25) is 0 Å². The summed E-state index contributed by atoms with van der Waals surface area (Å²) in [5.74, 6) is 1.37. The number of methoxy groups -OCH3 is 2. The molecule has 2 aromatic carbocycles. The van der Waals surface area contributed by atoms with Crippen LogP contribution < -0.4 is 9.47 Å². The van der Waals surface area contributed by atoms with Crippen molar-refractivity contribution in [2.45, 2.75) is 51.4 Å². The highest BCUT2D eigenvalue weighted by atomic mass is 16.5. The van der Waals surface area contributed by atoms with Gasteiger partial charge in [0.2, 0.25) is 0 Å². The summed E-state index contributed by atoms with van der Waals surface area (Å²) in [5.41, 5.74) is 5.69. The van der Waals surface area contributed by atoms with E-state index in [4.69, 9.17) is 14.7 Å². The van der Waals surface area contributed by atoms with Crippen LogP contribution in [0, 0.1) is 0 Å². The van der Waals surface area contributed by atoms with Crippen molar-refractivity contribution in [3.8, 4) is 22.6 Å². The molecule has 0 aliphatic heterocycles. The van der Waals surface area contributed by atoms with Crippen LogP contribution in [0.2, 0.25) is 0 Å². The first kappa shape index (κ1) is 19.3. The Bertz CT molecular complexity index is 881. The Morgan fingerprint density at radius 1 is 0.926 bits per heavy atom. The highest BCUT2D eigenvalue weighted by Gasteiger charge is 2.37. The minimum Gasteiger partial charge on any atom is -0.496 e. The molecule has 1 aliphatic carbocycles. The molecule has 144 valence electrons. The molecule has 0 atom stereocenters. The Labute approximate surface area is 161 Å². The summed E-state index contributed by atoms with van der Waals surface area (Å²) in [5, 5.41) is 12.2. The van der Waals surface area contributed by atoms with E-state index in [1.54, 1.807) is 14.2 Å². The summed E-state index contributed by atoms with van der Waals surface area (Å²) in [6, 6.07) is 10.4. The van der Waals surface area contributed by atoms with E-state index < -0.39 is 0 Å². The standard InChI is InChI=1S/C23H29NO3/c1-22(2)11-12-23(3,4)18-13-15(7-9-17(18)22)20-19(26-5)10-8-16(14-24-25)21(20)27-6/h7-10,13-14,25H,11-12H2,1-6H3/b24-14+. The minimum atomic E-state index is 0.117. The van der Waals surface area contributed by atoms with Crippen molar-refractivity contribution in [1.82, 2.24) is 0 Å². The number of ether oxygens (including phenoxy) is 2. The van der Waals surface area contributed by atoms with Crippen LogP contribution in [-0.2, 0) is 10.8 Å². The third kappa shape index (κ3) is 3.29. The normalized spacial score (nSPS) is 17.6. The quantitative estimate of drug-likeness (QED) is 0.439. The van der Waals surface area contributed by atoms with Crippen LogP contribution in [0.5, 0.6) is 11.5 Å². The van der Waals surface area contributed by atoms with Gasteiger partial charge in [0, 0.05) is 5.56 Å². The van der Waals surface area contributed by atoms with E-state index in [9.17, 15) is 0 Å². The fourth-order valence-electron chi connectivity index (χ4n) is 4.15. The van der Waals surface area contributed by atoms with Gasteiger partial charge in [0.15, 0.2) is 0 Å². The van der Waals surface area contributed by atoms with E-state index in [1.165, 1.54) is 23.8 Å². The largest absolute Gasteiger partial charge is 0.496 e. The SMILES string of the molecule is COc1ccc(/C=N/O)c(OC)c1-c1ccc2c(c1)C(C)(C)CCC2(C)C. The zero-order valence-electron chi connectivity index (χ0n) is 17.1. The maximum absolute atomic E-state index is 8.99. The first-order valence-electron chi connectivity index (χ1n) is 9.33. The monoisotopic (exact) mass is 367 g/mol. The first-order chi connectivity index (χ1) is 12.7. The summed E-state index contributed by atoms with van der Waals surface area (Å²) in [4.78, 5) is 0. The molecule has 1 N–H and O–H groups in total. The highest BCUT2D eigenvalue weighted by Crippen LogP contribution is 2.48. The average Bonchev–Trinajstić information content (AvgIpc) is 2.65. The van der Waals surface area contributed by atoms with Crippen molar-refractivity contribution in [2.24, 2.45) is 5.16 Å². The lowest BCUT2D eigenvalue weighted by Gasteiger charge is -2.42. The number of hydrogen-bond acceptors (Lipinski definition) is 4. The van der Waals surface area contributed by atoms with Gasteiger partial charge in [0.25, 0.3) is 0 Å². The Balaban J connectivity index is 2.28. The molecule has 0 fully saturated rings. The van der Waals surface area contributed by atoms with Crippen molar-refractivity contribution in [1.29, 1.82) is 0 Å². The summed E-state index contributed by atoms with van der Waals surface area (Å²) >= 11 is 0. The third-order valence-electron chi connectivity index (χ3n) is 5.91. The fourth-order valence-corrected chi connectivity index (χ4v) is 4.15. The Hall–Kier alpha value is -2.49. The van der Waals surface area contributed by atoms with Gasteiger partial charge in [-0.2, -0.15) is 0 Å². The molecule has 2 aromatic rings. The van der Waals surface area contributed by atoms with E-state index in [1.807, 2.05) is 12.1 Å². The highest BCUT2D eigenvalue weighted by molar-refractivity contribution is 5.91. The predicted octanol–water partition coefficient (Wildman–Crippen LogP) is 5.53. The molecule has 4 nitrogen and oxygen atoms in total. The van der Waals surface area contributed by atoms with Crippen LogP contribution in [0.25, 0.3) is 11.1 Å². The van der Waals surface area contributed by atoms with E-state index in [0.717, 1.165) is 23.3 Å². The van der Waals surface area contributed by atoms with Crippen molar-refractivity contribution in [3.05, 3.63) is 47.0 Å². The molecular weight excluding hydrogens is 338 g/mol. The lowest BCUT2D eigenvalue weighted by atomic mass is 9.63. The maximum atomic E-state index is 8.99. The molecule has 0 saturated carbocycles. The van der Waals surface area contributed by atoms with Crippen LogP contribution in [0.4, 0.5) is 0 Å². The minimum absolute atomic E-state index is 0.117. The molecule has 3 rings (SSSR count). The number of oxime groups is 1. The number of nitrogens with zero attached hydrogens (tertiary/aromatic N) is 1. The van der Waals surface area contributed by atoms with Gasteiger partial charge in [-0.25, -0.2) is 0 Å². The summed E-state index contributed by atoms with van der Waals surface area (Å²) in [6.07, 6.45) is 3.72. The maximum Gasteiger partial charge on any atom is 0.139 e. The van der Waals surface area contributed by atoms with E-state index >= 15 is 0 Å². The second-order valence-electron chi connectivity index (χ2n) is 8.54. The van der Waals surface area contributed by atoms with Gasteiger partial charge in [0.05, 0.1) is 26.0 Å². The molecule has 0 aromatic heterocycles. The van der Waals surface area contributed by atoms with Crippen LogP contribution in [0.3, 0.4) is 0 Å².